The quantitative estimate of drug-likeness (QED) is 0.860. The highest BCUT2D eigenvalue weighted by Crippen LogP contribution is 2.33. The first-order valence-electron chi connectivity index (χ1n) is 9.07. The molecule has 1 amide bonds. The molecule has 2 aromatic rings. The third kappa shape index (κ3) is 3.25. The normalized spacial score (nSPS) is 21.7. The molecule has 132 valence electrons. The lowest BCUT2D eigenvalue weighted by Gasteiger charge is -2.34. The van der Waals surface area contributed by atoms with Gasteiger partial charge in [-0.05, 0) is 50.2 Å². The summed E-state index contributed by atoms with van der Waals surface area (Å²) < 4.78 is 5.37. The number of rotatable bonds is 3. The van der Waals surface area contributed by atoms with E-state index in [4.69, 9.17) is 4.42 Å². The molecule has 2 aliphatic rings. The van der Waals surface area contributed by atoms with Crippen LogP contribution in [0.2, 0.25) is 0 Å². The van der Waals surface area contributed by atoms with Crippen molar-refractivity contribution in [1.82, 2.24) is 14.9 Å². The number of nitrogens with zero attached hydrogens (tertiary/aromatic N) is 4. The minimum atomic E-state index is 0.0418. The Kier molecular flexibility index (Phi) is 4.42. The summed E-state index contributed by atoms with van der Waals surface area (Å²) in [5, 5.41) is 0. The smallest absolute Gasteiger partial charge is 0.289 e. The first-order valence-corrected chi connectivity index (χ1v) is 9.07. The van der Waals surface area contributed by atoms with Crippen molar-refractivity contribution in [2.45, 2.75) is 26.2 Å². The Morgan fingerprint density at radius 1 is 1.12 bits per heavy atom. The van der Waals surface area contributed by atoms with Crippen LogP contribution in [-0.4, -0.2) is 47.0 Å². The average molecular weight is 340 g/mol. The lowest BCUT2D eigenvalue weighted by Crippen LogP contribution is -2.38. The van der Waals surface area contributed by atoms with Crippen LogP contribution >= 0.6 is 0 Å². The standard InChI is InChI=1S/C19H24N4O2/c1-14-6-12-25-17(14)18(24)23-11-5-16(13-23)15-3-9-22(10-4-15)19-20-7-2-8-21-19/h2,6-8,12,15-16H,3-5,9-11,13H2,1H3. The minimum Gasteiger partial charge on any atom is -0.459 e. The summed E-state index contributed by atoms with van der Waals surface area (Å²) >= 11 is 0. The summed E-state index contributed by atoms with van der Waals surface area (Å²) in [5.74, 6) is 2.64. The van der Waals surface area contributed by atoms with Crippen LogP contribution < -0.4 is 4.90 Å². The zero-order valence-electron chi connectivity index (χ0n) is 14.6. The molecule has 6 heteroatoms. The molecule has 2 fully saturated rings. The molecule has 0 aromatic carbocycles. The van der Waals surface area contributed by atoms with Crippen LogP contribution in [0.3, 0.4) is 0 Å². The van der Waals surface area contributed by atoms with E-state index in [-0.39, 0.29) is 5.91 Å². The van der Waals surface area contributed by atoms with E-state index in [0.717, 1.165) is 57.0 Å². The Morgan fingerprint density at radius 3 is 2.52 bits per heavy atom. The topological polar surface area (TPSA) is 62.5 Å². The molecule has 6 nitrogen and oxygen atoms in total. The van der Waals surface area contributed by atoms with Crippen LogP contribution in [0, 0.1) is 18.8 Å². The Balaban J connectivity index is 1.33. The molecule has 2 aromatic heterocycles. The van der Waals surface area contributed by atoms with Crippen LogP contribution in [-0.2, 0) is 0 Å². The van der Waals surface area contributed by atoms with E-state index in [1.54, 1.807) is 18.7 Å². The molecule has 0 aliphatic carbocycles. The Morgan fingerprint density at radius 2 is 1.84 bits per heavy atom. The number of likely N-dealkylation sites (tertiary alicyclic amines) is 1. The van der Waals surface area contributed by atoms with Gasteiger partial charge in [0.1, 0.15) is 0 Å². The first-order chi connectivity index (χ1) is 12.2. The highest BCUT2D eigenvalue weighted by atomic mass is 16.3. The van der Waals surface area contributed by atoms with Crippen molar-refractivity contribution in [1.29, 1.82) is 0 Å². The summed E-state index contributed by atoms with van der Waals surface area (Å²) in [5.41, 5.74) is 0.921. The van der Waals surface area contributed by atoms with Crippen molar-refractivity contribution in [3.63, 3.8) is 0 Å². The summed E-state index contributed by atoms with van der Waals surface area (Å²) in [6.07, 6.45) is 8.57. The number of amides is 1. The van der Waals surface area contributed by atoms with Gasteiger partial charge in [0.15, 0.2) is 5.76 Å². The van der Waals surface area contributed by atoms with Gasteiger partial charge >= 0.3 is 0 Å². The maximum absolute atomic E-state index is 12.6. The van der Waals surface area contributed by atoms with Crippen molar-refractivity contribution >= 4 is 11.9 Å². The van der Waals surface area contributed by atoms with E-state index < -0.39 is 0 Å². The molecular formula is C19H24N4O2. The van der Waals surface area contributed by atoms with Crippen molar-refractivity contribution in [3.8, 4) is 0 Å². The second-order valence-corrected chi connectivity index (χ2v) is 7.11. The fourth-order valence-corrected chi connectivity index (χ4v) is 4.12. The summed E-state index contributed by atoms with van der Waals surface area (Å²) in [6, 6.07) is 3.70. The SMILES string of the molecule is Cc1ccoc1C(=O)N1CCC(C2CCN(c3ncccn3)CC2)C1. The molecule has 25 heavy (non-hydrogen) atoms. The molecular weight excluding hydrogens is 316 g/mol. The molecule has 0 bridgehead atoms. The van der Waals surface area contributed by atoms with Gasteiger partial charge in [-0.25, -0.2) is 9.97 Å². The maximum Gasteiger partial charge on any atom is 0.289 e. The molecule has 0 radical (unpaired) electrons. The molecule has 1 atom stereocenters. The molecule has 4 rings (SSSR count). The van der Waals surface area contributed by atoms with E-state index >= 15 is 0 Å². The fourth-order valence-electron chi connectivity index (χ4n) is 4.12. The highest BCUT2D eigenvalue weighted by Gasteiger charge is 2.35. The van der Waals surface area contributed by atoms with Crippen molar-refractivity contribution in [3.05, 3.63) is 42.1 Å². The van der Waals surface area contributed by atoms with E-state index in [2.05, 4.69) is 14.9 Å². The van der Waals surface area contributed by atoms with E-state index in [9.17, 15) is 4.79 Å². The van der Waals surface area contributed by atoms with Gasteiger partial charge in [0, 0.05) is 44.1 Å². The first kappa shape index (κ1) is 16.1. The zero-order valence-corrected chi connectivity index (χ0v) is 14.6. The Labute approximate surface area is 147 Å². The van der Waals surface area contributed by atoms with Crippen LogP contribution in [0.5, 0.6) is 0 Å². The predicted octanol–water partition coefficient (Wildman–Crippen LogP) is 2.76. The lowest BCUT2D eigenvalue weighted by molar-refractivity contribution is 0.0748. The van der Waals surface area contributed by atoms with Gasteiger partial charge in [-0.2, -0.15) is 0 Å². The van der Waals surface area contributed by atoms with Gasteiger partial charge in [0.2, 0.25) is 5.95 Å². The Hall–Kier alpha value is -2.37. The number of furan rings is 1. The molecule has 0 saturated carbocycles. The number of piperidine rings is 1. The predicted molar refractivity (Wildman–Crippen MR) is 94.4 cm³/mol. The van der Waals surface area contributed by atoms with Gasteiger partial charge in [0.05, 0.1) is 6.26 Å². The minimum absolute atomic E-state index is 0.0418. The van der Waals surface area contributed by atoms with E-state index in [1.807, 2.05) is 24.0 Å². The molecule has 2 aliphatic heterocycles. The fraction of sp³-hybridized carbons (Fsp3) is 0.526. The van der Waals surface area contributed by atoms with Crippen LogP contribution in [0.4, 0.5) is 5.95 Å². The summed E-state index contributed by atoms with van der Waals surface area (Å²) in [4.78, 5) is 25.5. The highest BCUT2D eigenvalue weighted by molar-refractivity contribution is 5.93. The Bertz CT molecular complexity index is 722. The average Bonchev–Trinajstić information content (AvgIpc) is 3.31. The third-order valence-corrected chi connectivity index (χ3v) is 5.61. The van der Waals surface area contributed by atoms with Gasteiger partial charge in [-0.1, -0.05) is 0 Å². The zero-order chi connectivity index (χ0) is 17.2. The van der Waals surface area contributed by atoms with Gasteiger partial charge < -0.3 is 14.2 Å². The van der Waals surface area contributed by atoms with Crippen molar-refractivity contribution in [2.24, 2.45) is 11.8 Å². The summed E-state index contributed by atoms with van der Waals surface area (Å²) in [6.45, 7) is 5.61. The molecule has 2 saturated heterocycles. The van der Waals surface area contributed by atoms with E-state index in [1.165, 1.54) is 0 Å². The van der Waals surface area contributed by atoms with E-state index in [0.29, 0.717) is 17.6 Å². The number of aromatic nitrogens is 2. The molecule has 0 N–H and O–H groups in total. The number of carbonyl (C=O) groups excluding carboxylic acids is 1. The molecule has 4 heterocycles. The number of hydrogen-bond acceptors (Lipinski definition) is 5. The van der Waals surface area contributed by atoms with Crippen LogP contribution in [0.15, 0.2) is 35.2 Å². The monoisotopic (exact) mass is 340 g/mol. The summed E-state index contributed by atoms with van der Waals surface area (Å²) in [7, 11) is 0. The number of anilines is 1. The third-order valence-electron chi connectivity index (χ3n) is 5.61. The number of hydrogen-bond donors (Lipinski definition) is 0. The van der Waals surface area contributed by atoms with Gasteiger partial charge in [-0.15, -0.1) is 0 Å². The number of carbonyl (C=O) groups is 1. The number of aryl methyl sites for hydroxylation is 1. The maximum atomic E-state index is 12.6. The second kappa shape index (κ2) is 6.86. The largest absolute Gasteiger partial charge is 0.459 e. The van der Waals surface area contributed by atoms with Crippen molar-refractivity contribution < 1.29 is 9.21 Å². The lowest BCUT2D eigenvalue weighted by atomic mass is 9.84. The molecule has 0 spiro atoms. The van der Waals surface area contributed by atoms with Crippen LogP contribution in [0.1, 0.15) is 35.4 Å². The molecule has 1 unspecified atom stereocenters. The second-order valence-electron chi connectivity index (χ2n) is 7.11. The van der Waals surface area contributed by atoms with Gasteiger partial charge in [0.25, 0.3) is 5.91 Å². The van der Waals surface area contributed by atoms with Gasteiger partial charge in [-0.3, -0.25) is 4.79 Å². The van der Waals surface area contributed by atoms with Crippen LogP contribution in [0.25, 0.3) is 0 Å². The van der Waals surface area contributed by atoms with Crippen molar-refractivity contribution in [2.75, 3.05) is 31.1 Å².